The first-order valence-corrected chi connectivity index (χ1v) is 20.3. The molecule has 1 unspecified atom stereocenters. The molecule has 5 rings (SSSR count). The number of likely N-dealkylation sites (N-methyl/N-ethyl adjacent to an activating group) is 2. The molecule has 4 aromatic rings. The number of amides is 3. The molecule has 1 aromatic heterocycles. The molecule has 1 fully saturated rings. The normalized spacial score (nSPS) is 13.9. The van der Waals surface area contributed by atoms with E-state index >= 15 is 4.39 Å². The second kappa shape index (κ2) is 16.7. The van der Waals surface area contributed by atoms with Crippen LogP contribution in [0.1, 0.15) is 77.1 Å². The van der Waals surface area contributed by atoms with Crippen LogP contribution in [0.4, 0.5) is 31.2 Å². The Morgan fingerprint density at radius 1 is 0.912 bits per heavy atom. The number of carbonyl (C=O) groups is 3. The van der Waals surface area contributed by atoms with Crippen molar-refractivity contribution < 1.29 is 36.7 Å². The topological polar surface area (TPSA) is 164 Å². The van der Waals surface area contributed by atoms with E-state index < -0.39 is 56.2 Å². The number of imide groups is 1. The monoisotopic (exact) mass is 804 g/mol. The number of halogens is 1. The average molecular weight is 805 g/mol. The molecule has 1 aliphatic carbocycles. The Bertz CT molecular complexity index is 2240. The zero-order valence-corrected chi connectivity index (χ0v) is 34.9. The van der Waals surface area contributed by atoms with Crippen LogP contribution in [0.25, 0.3) is 10.8 Å². The summed E-state index contributed by atoms with van der Waals surface area (Å²) in [5, 5.41) is 2.93. The number of nitrogens with zero attached hydrogens (tertiary/aromatic N) is 4. The fourth-order valence-electron chi connectivity index (χ4n) is 6.17. The molecule has 0 spiro atoms. The molecule has 1 heterocycles. The van der Waals surface area contributed by atoms with Crippen molar-refractivity contribution in [2.24, 2.45) is 0 Å². The number of nitrogens with one attached hydrogen (secondary N) is 1. The summed E-state index contributed by atoms with van der Waals surface area (Å²) < 4.78 is 53.5. The number of aromatic nitrogens is 1. The summed E-state index contributed by atoms with van der Waals surface area (Å²) in [6.45, 7) is 10.6. The van der Waals surface area contributed by atoms with Crippen molar-refractivity contribution in [2.45, 2.75) is 94.7 Å². The molecule has 1 aliphatic rings. The number of nitrogens with two attached hydrogens (primary N) is 1. The Labute approximate surface area is 334 Å². The van der Waals surface area contributed by atoms with Crippen LogP contribution in [0, 0.1) is 5.82 Å². The van der Waals surface area contributed by atoms with Crippen molar-refractivity contribution in [3.05, 3.63) is 89.4 Å². The molecule has 306 valence electrons. The number of rotatable bonds is 12. The number of nitrogen functional groups attached to an aromatic ring is 1. The zero-order chi connectivity index (χ0) is 42.0. The van der Waals surface area contributed by atoms with Gasteiger partial charge in [-0.1, -0.05) is 24.3 Å². The maximum absolute atomic E-state index is 15.7. The van der Waals surface area contributed by atoms with Crippen LogP contribution in [0.15, 0.2) is 71.8 Å². The number of anilines is 3. The van der Waals surface area contributed by atoms with Gasteiger partial charge in [0.1, 0.15) is 23.1 Å². The smallest absolute Gasteiger partial charge is 0.425 e. The molecule has 0 radical (unpaired) electrons. The predicted molar refractivity (Wildman–Crippen MR) is 219 cm³/mol. The first-order valence-electron chi connectivity index (χ1n) is 18.8. The van der Waals surface area contributed by atoms with E-state index in [-0.39, 0.29) is 28.0 Å². The maximum Gasteiger partial charge on any atom is 0.425 e. The Kier molecular flexibility index (Phi) is 12.5. The van der Waals surface area contributed by atoms with Crippen molar-refractivity contribution in [2.75, 3.05) is 43.6 Å². The molecule has 15 heteroatoms. The summed E-state index contributed by atoms with van der Waals surface area (Å²) >= 11 is 0. The highest BCUT2D eigenvalue weighted by molar-refractivity contribution is 7.92. The van der Waals surface area contributed by atoms with E-state index in [0.717, 1.165) is 18.3 Å². The first kappa shape index (κ1) is 42.9. The zero-order valence-electron chi connectivity index (χ0n) is 34.1. The second-order valence-corrected chi connectivity index (χ2v) is 18.9. The lowest BCUT2D eigenvalue weighted by Gasteiger charge is -2.29. The molecule has 57 heavy (non-hydrogen) atoms. The quantitative estimate of drug-likeness (QED) is 0.136. The number of benzene rings is 3. The summed E-state index contributed by atoms with van der Waals surface area (Å²) in [6.07, 6.45) is 0.659. The minimum atomic E-state index is -3.60. The van der Waals surface area contributed by atoms with Crippen molar-refractivity contribution in [3.8, 4) is 0 Å². The third-order valence-corrected chi connectivity index (χ3v) is 11.4. The number of hydrogen-bond donors (Lipinski definition) is 2. The van der Waals surface area contributed by atoms with E-state index in [1.807, 2.05) is 38.4 Å². The van der Waals surface area contributed by atoms with Crippen molar-refractivity contribution >= 4 is 55.9 Å². The number of carbonyl (C=O) groups excluding carboxylic acids is 3. The van der Waals surface area contributed by atoms with E-state index in [4.69, 9.17) is 15.2 Å². The van der Waals surface area contributed by atoms with Gasteiger partial charge in [0.2, 0.25) is 5.91 Å². The number of fused-ring (bicyclic) bond motifs is 1. The van der Waals surface area contributed by atoms with Crippen LogP contribution in [0.3, 0.4) is 0 Å². The molecule has 3 N–H and O–H groups in total. The highest BCUT2D eigenvalue weighted by Gasteiger charge is 2.39. The number of ether oxygens (including phenoxy) is 2. The summed E-state index contributed by atoms with van der Waals surface area (Å²) in [7, 11) is 1.93. The van der Waals surface area contributed by atoms with Gasteiger partial charge in [-0.05, 0) is 128 Å². The Hall–Kier alpha value is -5.28. The molecule has 0 aliphatic heterocycles. The van der Waals surface area contributed by atoms with Crippen LogP contribution in [0.5, 0.6) is 0 Å². The van der Waals surface area contributed by atoms with Gasteiger partial charge >= 0.3 is 12.2 Å². The molecule has 1 saturated carbocycles. The fourth-order valence-corrected chi connectivity index (χ4v) is 8.03. The van der Waals surface area contributed by atoms with Crippen LogP contribution < -0.4 is 16.0 Å². The van der Waals surface area contributed by atoms with Crippen LogP contribution in [-0.4, -0.2) is 85.4 Å². The second-order valence-electron chi connectivity index (χ2n) is 16.7. The van der Waals surface area contributed by atoms with Gasteiger partial charge in [0.15, 0.2) is 15.7 Å². The van der Waals surface area contributed by atoms with Gasteiger partial charge in [-0.2, -0.15) is 4.90 Å². The van der Waals surface area contributed by atoms with Gasteiger partial charge in [0.05, 0.1) is 16.3 Å². The Morgan fingerprint density at radius 2 is 1.56 bits per heavy atom. The maximum atomic E-state index is 15.7. The third kappa shape index (κ3) is 10.8. The van der Waals surface area contributed by atoms with Crippen LogP contribution >= 0.6 is 0 Å². The highest BCUT2D eigenvalue weighted by Crippen LogP contribution is 2.37. The lowest BCUT2D eigenvalue weighted by atomic mass is 10.00. The first-order chi connectivity index (χ1) is 26.5. The van der Waals surface area contributed by atoms with Gasteiger partial charge in [-0.25, -0.2) is 27.4 Å². The van der Waals surface area contributed by atoms with E-state index in [9.17, 15) is 22.8 Å². The minimum absolute atomic E-state index is 0.00362. The molecule has 0 saturated heterocycles. The fraction of sp³-hybridized carbons (Fsp3) is 0.429. The molecule has 3 amide bonds. The van der Waals surface area contributed by atoms with Crippen molar-refractivity contribution in [3.63, 3.8) is 0 Å². The van der Waals surface area contributed by atoms with Gasteiger partial charge in [-0.15, -0.1) is 0 Å². The standard InChI is InChI=1S/C42H53FN6O7S/c1-41(2,3)55-39(51)49(40(52)56-42(4,5)6)37-32-17-14-30(23-33(32)34(43)24-45-37)46-36(27-12-10-11-26(21-27)19-20-47(7)8)38(50)48(9)25-28-22-29(44)13-18-35(28)57(53,54)31-15-16-31/h10-14,17-18,21-24,31,36,46H,15-16,19-20,25,44H2,1-9H3. The van der Waals surface area contributed by atoms with Gasteiger partial charge in [0.25, 0.3) is 0 Å². The van der Waals surface area contributed by atoms with Crippen molar-refractivity contribution in [1.82, 2.24) is 14.8 Å². The molecule has 0 bridgehead atoms. The third-order valence-electron chi connectivity index (χ3n) is 9.01. The SMILES string of the molecule is CN(C)CCc1cccc(C(Nc2ccc3c(N(C(=O)OC(C)(C)C)C(=O)OC(C)(C)C)ncc(F)c3c2)C(=O)N(C)Cc2cc(N)ccc2S(=O)(=O)C2CC2)c1. The van der Waals surface area contributed by atoms with Crippen LogP contribution in [0.2, 0.25) is 0 Å². The summed E-state index contributed by atoms with van der Waals surface area (Å²) in [5.41, 5.74) is 6.86. The number of hydrogen-bond acceptors (Lipinski definition) is 11. The van der Waals surface area contributed by atoms with Gasteiger partial charge in [-0.3, -0.25) is 4.79 Å². The van der Waals surface area contributed by atoms with Gasteiger partial charge < -0.3 is 30.3 Å². The van der Waals surface area contributed by atoms with Crippen LogP contribution in [-0.2, 0) is 37.1 Å². The molecule has 3 aromatic carbocycles. The van der Waals surface area contributed by atoms with E-state index in [1.165, 1.54) is 23.1 Å². The Balaban J connectivity index is 1.55. The summed E-state index contributed by atoms with van der Waals surface area (Å²) in [6, 6.07) is 15.7. The molecule has 13 nitrogen and oxygen atoms in total. The van der Waals surface area contributed by atoms with E-state index in [1.54, 1.807) is 66.8 Å². The molecule has 1 atom stereocenters. The molecular formula is C42H53FN6O7S. The Morgan fingerprint density at radius 3 is 2.16 bits per heavy atom. The minimum Gasteiger partial charge on any atom is -0.443 e. The number of pyridine rings is 1. The van der Waals surface area contributed by atoms with Crippen molar-refractivity contribution in [1.29, 1.82) is 0 Å². The average Bonchev–Trinajstić information content (AvgIpc) is 3.96. The van der Waals surface area contributed by atoms with E-state index in [2.05, 4.69) is 15.2 Å². The largest absolute Gasteiger partial charge is 0.443 e. The summed E-state index contributed by atoms with van der Waals surface area (Å²) in [5.74, 6) is -1.35. The molecular weight excluding hydrogens is 752 g/mol. The number of sulfone groups is 1. The lowest BCUT2D eigenvalue weighted by Crippen LogP contribution is -2.44. The predicted octanol–water partition coefficient (Wildman–Crippen LogP) is 7.48. The van der Waals surface area contributed by atoms with Gasteiger partial charge in [0, 0.05) is 42.3 Å². The van der Waals surface area contributed by atoms with E-state index in [0.29, 0.717) is 46.7 Å². The highest BCUT2D eigenvalue weighted by atomic mass is 32.2. The summed E-state index contributed by atoms with van der Waals surface area (Å²) in [4.78, 5) is 49.9. The lowest BCUT2D eigenvalue weighted by molar-refractivity contribution is -0.131.